The molecule has 1 fully saturated rings. The van der Waals surface area contributed by atoms with Crippen LogP contribution in [-0.2, 0) is 17.5 Å². The van der Waals surface area contributed by atoms with Crippen molar-refractivity contribution in [3.05, 3.63) is 88.4 Å². The molecule has 1 unspecified atom stereocenters. The van der Waals surface area contributed by atoms with Gasteiger partial charge in [0.25, 0.3) is 0 Å². The van der Waals surface area contributed by atoms with Gasteiger partial charge in [0.15, 0.2) is 0 Å². The molecule has 2 N–H and O–H groups in total. The lowest BCUT2D eigenvalue weighted by Crippen LogP contribution is -2.19. The monoisotopic (exact) mass is 668 g/mol. The van der Waals surface area contributed by atoms with Gasteiger partial charge in [-0.1, -0.05) is 54.9 Å². The van der Waals surface area contributed by atoms with E-state index in [-0.39, 0.29) is 35.1 Å². The predicted octanol–water partition coefficient (Wildman–Crippen LogP) is 9.42. The highest BCUT2D eigenvalue weighted by molar-refractivity contribution is 6.33. The van der Waals surface area contributed by atoms with Crippen LogP contribution in [0.3, 0.4) is 0 Å². The van der Waals surface area contributed by atoms with Crippen LogP contribution in [0, 0.1) is 0 Å². The molecule has 2 heterocycles. The molecule has 1 saturated carbocycles. The number of ether oxygens (including phenoxy) is 1. The number of carbonyl (C=O) groups is 2. The van der Waals surface area contributed by atoms with Crippen molar-refractivity contribution in [1.29, 1.82) is 0 Å². The number of carboxylic acids is 1. The van der Waals surface area contributed by atoms with E-state index < -0.39 is 23.9 Å². The number of amides is 2. The molecule has 246 valence electrons. The third-order valence-corrected chi connectivity index (χ3v) is 8.14. The van der Waals surface area contributed by atoms with E-state index >= 15 is 0 Å². The van der Waals surface area contributed by atoms with Crippen LogP contribution in [0.2, 0.25) is 5.02 Å². The molecule has 2 aromatic carbocycles. The van der Waals surface area contributed by atoms with Gasteiger partial charge in [-0.2, -0.15) is 13.2 Å². The second kappa shape index (κ2) is 14.5. The van der Waals surface area contributed by atoms with Gasteiger partial charge in [0.05, 0.1) is 23.3 Å². The first-order chi connectivity index (χ1) is 22.5. The summed E-state index contributed by atoms with van der Waals surface area (Å²) in [4.78, 5) is 32.4. The maximum atomic E-state index is 13.0. The van der Waals surface area contributed by atoms with Gasteiger partial charge in [-0.15, -0.1) is 0 Å². The maximum absolute atomic E-state index is 13.0. The number of carboxylic acid groups (broad SMARTS) is 1. The quantitative estimate of drug-likeness (QED) is 0.144. The molecule has 4 aromatic rings. The van der Waals surface area contributed by atoms with Gasteiger partial charge in [-0.05, 0) is 61.6 Å². The van der Waals surface area contributed by atoms with E-state index in [0.717, 1.165) is 48.1 Å². The van der Waals surface area contributed by atoms with Gasteiger partial charge >= 0.3 is 18.2 Å². The summed E-state index contributed by atoms with van der Waals surface area (Å²) in [7, 11) is 0. The van der Waals surface area contributed by atoms with Crippen molar-refractivity contribution >= 4 is 35.0 Å². The minimum absolute atomic E-state index is 0.0890. The van der Waals surface area contributed by atoms with Crippen LogP contribution in [0.4, 0.5) is 23.7 Å². The number of aromatic carboxylic acids is 1. The lowest BCUT2D eigenvalue weighted by molar-refractivity contribution is -0.141. The molecule has 0 spiro atoms. The average molecular weight is 669 g/mol. The van der Waals surface area contributed by atoms with Crippen molar-refractivity contribution in [2.45, 2.75) is 70.8 Å². The van der Waals surface area contributed by atoms with E-state index in [1.807, 2.05) is 32.0 Å². The second-order valence-corrected chi connectivity index (χ2v) is 11.5. The molecule has 0 aliphatic heterocycles. The van der Waals surface area contributed by atoms with Crippen molar-refractivity contribution in [3.63, 3.8) is 0 Å². The Kier molecular flexibility index (Phi) is 10.4. The number of alkyl halides is 3. The van der Waals surface area contributed by atoms with Crippen molar-refractivity contribution < 1.29 is 37.1 Å². The largest absolute Gasteiger partial charge is 0.478 e. The van der Waals surface area contributed by atoms with E-state index in [4.69, 9.17) is 20.9 Å². The van der Waals surface area contributed by atoms with Gasteiger partial charge in [0.1, 0.15) is 17.1 Å². The van der Waals surface area contributed by atoms with Crippen LogP contribution in [0.25, 0.3) is 22.4 Å². The molecule has 2 aromatic heterocycles. The summed E-state index contributed by atoms with van der Waals surface area (Å²) in [6.07, 6.45) is -0.430. The van der Waals surface area contributed by atoms with Gasteiger partial charge in [0, 0.05) is 46.6 Å². The van der Waals surface area contributed by atoms with E-state index in [2.05, 4.69) is 20.4 Å². The highest BCUT2D eigenvalue weighted by Gasteiger charge is 2.34. The molecule has 13 heteroatoms. The molecule has 5 rings (SSSR count). The second-order valence-electron chi connectivity index (χ2n) is 11.1. The molecule has 0 saturated heterocycles. The smallest absolute Gasteiger partial charge is 0.433 e. The number of anilines is 1. The number of halogens is 4. The zero-order valence-corrected chi connectivity index (χ0v) is 26.4. The van der Waals surface area contributed by atoms with Gasteiger partial charge < -0.3 is 19.7 Å². The number of rotatable bonds is 12. The number of aromatic nitrogens is 2. The molecule has 0 radical (unpaired) electrons. The molecule has 47 heavy (non-hydrogen) atoms. The van der Waals surface area contributed by atoms with Crippen LogP contribution in [0.5, 0.6) is 0 Å². The van der Waals surface area contributed by atoms with E-state index in [0.29, 0.717) is 41.6 Å². The summed E-state index contributed by atoms with van der Waals surface area (Å²) in [5, 5.41) is 17.2. The van der Waals surface area contributed by atoms with Crippen LogP contribution in [-0.4, -0.2) is 39.1 Å². The molecule has 2 amide bonds. The first-order valence-electron chi connectivity index (χ1n) is 15.1. The zero-order chi connectivity index (χ0) is 33.7. The Labute approximate surface area is 273 Å². The van der Waals surface area contributed by atoms with Crippen LogP contribution < -0.4 is 5.32 Å². The fourth-order valence-corrected chi connectivity index (χ4v) is 5.34. The summed E-state index contributed by atoms with van der Waals surface area (Å²) < 4.78 is 51.0. The third-order valence-electron chi connectivity index (χ3n) is 7.81. The summed E-state index contributed by atoms with van der Waals surface area (Å²) in [5.74, 6) is -0.183. The number of hydrogen-bond donors (Lipinski definition) is 2. The van der Waals surface area contributed by atoms with Crippen LogP contribution >= 0.6 is 11.6 Å². The summed E-state index contributed by atoms with van der Waals surface area (Å²) in [6, 6.07) is 12.6. The minimum Gasteiger partial charge on any atom is -0.478 e. The van der Waals surface area contributed by atoms with Crippen LogP contribution in [0.1, 0.15) is 79.2 Å². The first-order valence-corrected chi connectivity index (χ1v) is 15.5. The van der Waals surface area contributed by atoms with Crippen molar-refractivity contribution in [2.75, 3.05) is 5.32 Å². The molecule has 1 aliphatic carbocycles. The summed E-state index contributed by atoms with van der Waals surface area (Å²) in [6.45, 7) is 4.09. The van der Waals surface area contributed by atoms with E-state index in [9.17, 15) is 27.9 Å². The Morgan fingerprint density at radius 2 is 1.89 bits per heavy atom. The highest BCUT2D eigenvalue weighted by Crippen LogP contribution is 2.45. The maximum Gasteiger partial charge on any atom is 0.433 e. The fraction of sp³-hybridized carbons (Fsp3) is 0.324. The number of benzene rings is 2. The van der Waals surface area contributed by atoms with E-state index in [1.54, 1.807) is 6.07 Å². The summed E-state index contributed by atoms with van der Waals surface area (Å²) in [5.41, 5.74) is 2.02. The number of hydrogen-bond acceptors (Lipinski definition) is 6. The van der Waals surface area contributed by atoms with Crippen molar-refractivity contribution in [3.8, 4) is 22.4 Å². The molecular formula is C34H32ClF3N4O5. The van der Waals surface area contributed by atoms with Gasteiger partial charge in [-0.3, -0.25) is 4.98 Å². The van der Waals surface area contributed by atoms with Crippen LogP contribution in [0.15, 0.2) is 70.3 Å². The van der Waals surface area contributed by atoms with Gasteiger partial charge in [-0.25, -0.2) is 14.6 Å². The Hall–Kier alpha value is -4.55. The average Bonchev–Trinajstić information content (AvgIpc) is 3.81. The topological polar surface area (TPSA) is 127 Å². The Morgan fingerprint density at radius 1 is 1.13 bits per heavy atom. The third kappa shape index (κ3) is 8.25. The molecule has 1 atom stereocenters. The fourth-order valence-electron chi connectivity index (χ4n) is 5.11. The number of urea groups is 1. The number of carbonyl (C=O) groups excluding carboxylic acids is 1. The Bertz CT molecular complexity index is 1790. The normalized spacial score (nSPS) is 14.2. The van der Waals surface area contributed by atoms with Gasteiger partial charge in [0.2, 0.25) is 0 Å². The molecular weight excluding hydrogens is 637 g/mol. The number of pyridine rings is 1. The number of aliphatic imine (C=N–C) groups is 1. The van der Waals surface area contributed by atoms with E-state index in [1.165, 1.54) is 18.2 Å². The Balaban J connectivity index is 1.29. The predicted molar refractivity (Wildman–Crippen MR) is 171 cm³/mol. The summed E-state index contributed by atoms with van der Waals surface area (Å²) >= 11 is 6.46. The lowest BCUT2D eigenvalue weighted by Gasteiger charge is -2.17. The SMILES string of the molecule is CCC(CC(CC)OCc1c(-c2ccccc2Cl)noc1C1CC1)=NC(=O)Nc1ccc(C(=O)O)c(-c2ccc(C(F)(F)F)nc2)c1. The standard InChI is InChI=1S/C34H32ClF3N4O5/c1-3-21(15-23(4-2)46-18-27-30(25-7-5-6-8-28(25)35)42-47-31(27)19-9-10-19)40-33(45)41-22-12-13-24(32(43)44)26(16-22)20-11-14-29(39-17-20)34(36,37)38/h5-8,11-14,16-17,19,23H,3-4,9-10,15,18H2,1-2H3,(H,41,45)(H,43,44). The molecule has 0 bridgehead atoms. The molecule has 1 aliphatic rings. The first kappa shape index (κ1) is 33.8. The highest BCUT2D eigenvalue weighted by atomic mass is 35.5. The lowest BCUT2D eigenvalue weighted by atomic mass is 10.00. The molecule has 9 nitrogen and oxygen atoms in total. The Morgan fingerprint density at radius 3 is 2.51 bits per heavy atom. The minimum atomic E-state index is -4.64. The number of nitrogens with one attached hydrogen (secondary N) is 1. The van der Waals surface area contributed by atoms with Crippen molar-refractivity contribution in [1.82, 2.24) is 10.1 Å². The zero-order valence-electron chi connectivity index (χ0n) is 25.6. The van der Waals surface area contributed by atoms with Crippen molar-refractivity contribution in [2.24, 2.45) is 4.99 Å². The number of nitrogens with zero attached hydrogens (tertiary/aromatic N) is 3.